The number of carboxylic acids is 1. The van der Waals surface area contributed by atoms with Gasteiger partial charge in [-0.3, -0.25) is 4.90 Å². The molecule has 1 N–H and O–H groups in total. The molecule has 0 aliphatic carbocycles. The number of hydrogen-bond acceptors (Lipinski definition) is 3. The zero-order chi connectivity index (χ0) is 13.8. The van der Waals surface area contributed by atoms with Gasteiger partial charge in [0.15, 0.2) is 0 Å². The van der Waals surface area contributed by atoms with Crippen LogP contribution >= 0.6 is 0 Å². The zero-order valence-electron chi connectivity index (χ0n) is 10.8. The molecule has 1 aliphatic rings. The molecule has 0 bridgehead atoms. The van der Waals surface area contributed by atoms with E-state index in [0.717, 1.165) is 5.56 Å². The molecular formula is C14H17NO4. The van der Waals surface area contributed by atoms with Crippen molar-refractivity contribution in [2.75, 3.05) is 6.61 Å². The molecule has 1 aliphatic heterocycles. The second-order valence-corrected chi connectivity index (χ2v) is 4.55. The van der Waals surface area contributed by atoms with Crippen LogP contribution in [0.2, 0.25) is 0 Å². The summed E-state index contributed by atoms with van der Waals surface area (Å²) in [6.45, 7) is 2.10. The molecule has 0 saturated carbocycles. The van der Waals surface area contributed by atoms with Crippen LogP contribution in [0.5, 0.6) is 0 Å². The van der Waals surface area contributed by atoms with Gasteiger partial charge in [-0.15, -0.1) is 0 Å². The largest absolute Gasteiger partial charge is 0.480 e. The van der Waals surface area contributed by atoms with Crippen molar-refractivity contribution in [3.63, 3.8) is 0 Å². The van der Waals surface area contributed by atoms with Gasteiger partial charge in [0, 0.05) is 0 Å². The van der Waals surface area contributed by atoms with E-state index < -0.39 is 18.1 Å². The third-order valence-corrected chi connectivity index (χ3v) is 3.28. The van der Waals surface area contributed by atoms with Gasteiger partial charge in [-0.1, -0.05) is 43.7 Å². The fraction of sp³-hybridized carbons (Fsp3) is 0.429. The quantitative estimate of drug-likeness (QED) is 0.886. The number of carbonyl (C=O) groups excluding carboxylic acids is 1. The van der Waals surface area contributed by atoms with E-state index in [2.05, 4.69) is 0 Å². The molecule has 0 aromatic heterocycles. The first-order valence-electron chi connectivity index (χ1n) is 6.38. The predicted octanol–water partition coefficient (Wildman–Crippen LogP) is 2.43. The summed E-state index contributed by atoms with van der Waals surface area (Å²) < 4.78 is 5.03. The molecule has 5 heteroatoms. The van der Waals surface area contributed by atoms with Crippen molar-refractivity contribution in [2.24, 2.45) is 0 Å². The van der Waals surface area contributed by atoms with E-state index in [9.17, 15) is 14.7 Å². The molecule has 0 unspecified atom stereocenters. The molecule has 1 aromatic rings. The minimum Gasteiger partial charge on any atom is -0.480 e. The topological polar surface area (TPSA) is 66.8 Å². The minimum atomic E-state index is -0.985. The summed E-state index contributed by atoms with van der Waals surface area (Å²) in [4.78, 5) is 24.5. The number of ether oxygens (including phenoxy) is 1. The van der Waals surface area contributed by atoms with E-state index in [1.807, 2.05) is 37.3 Å². The Bertz CT molecular complexity index is 460. The average molecular weight is 263 g/mol. The van der Waals surface area contributed by atoms with Crippen LogP contribution in [0.1, 0.15) is 31.4 Å². The first kappa shape index (κ1) is 13.4. The van der Waals surface area contributed by atoms with Crippen molar-refractivity contribution in [2.45, 2.75) is 31.8 Å². The first-order valence-corrected chi connectivity index (χ1v) is 6.38. The van der Waals surface area contributed by atoms with Crippen molar-refractivity contribution in [1.82, 2.24) is 4.90 Å². The highest BCUT2D eigenvalue weighted by molar-refractivity contribution is 5.81. The smallest absolute Gasteiger partial charge is 0.411 e. The van der Waals surface area contributed by atoms with Crippen LogP contribution in [-0.4, -0.2) is 34.7 Å². The summed E-state index contributed by atoms with van der Waals surface area (Å²) in [6, 6.07) is 8.23. The summed E-state index contributed by atoms with van der Waals surface area (Å²) in [7, 11) is 0. The van der Waals surface area contributed by atoms with E-state index in [1.165, 1.54) is 4.90 Å². The Morgan fingerprint density at radius 2 is 2.16 bits per heavy atom. The lowest BCUT2D eigenvalue weighted by Crippen LogP contribution is -2.43. The number of hydrogen-bond donors (Lipinski definition) is 1. The molecule has 1 aromatic carbocycles. The van der Waals surface area contributed by atoms with Gasteiger partial charge in [-0.2, -0.15) is 0 Å². The van der Waals surface area contributed by atoms with E-state index in [4.69, 9.17) is 4.74 Å². The molecule has 19 heavy (non-hydrogen) atoms. The van der Waals surface area contributed by atoms with Gasteiger partial charge in [0.2, 0.25) is 0 Å². The molecule has 0 spiro atoms. The number of aliphatic carboxylic acids is 1. The maximum Gasteiger partial charge on any atom is 0.411 e. The van der Waals surface area contributed by atoms with Gasteiger partial charge in [0.05, 0.1) is 6.04 Å². The fourth-order valence-corrected chi connectivity index (χ4v) is 2.36. The van der Waals surface area contributed by atoms with Crippen LogP contribution in [0.15, 0.2) is 30.3 Å². The second kappa shape index (κ2) is 5.73. The maximum absolute atomic E-state index is 11.8. The monoisotopic (exact) mass is 263 g/mol. The van der Waals surface area contributed by atoms with Crippen molar-refractivity contribution < 1.29 is 19.4 Å². The lowest BCUT2D eigenvalue weighted by Gasteiger charge is -2.27. The standard InChI is InChI=1S/C14H17NO4/c1-2-6-11(13(16)17)15-12(9-19-14(15)18)10-7-4-3-5-8-10/h3-5,7-8,11-12H,2,6,9H2,1H3,(H,16,17)/t11-,12+/m1/s1. The van der Waals surface area contributed by atoms with Gasteiger partial charge in [-0.25, -0.2) is 9.59 Å². The molecule has 0 radical (unpaired) electrons. The van der Waals surface area contributed by atoms with Gasteiger partial charge in [-0.05, 0) is 12.0 Å². The minimum absolute atomic E-state index is 0.205. The lowest BCUT2D eigenvalue weighted by molar-refractivity contribution is -0.142. The number of nitrogens with zero attached hydrogens (tertiary/aromatic N) is 1. The van der Waals surface area contributed by atoms with E-state index >= 15 is 0 Å². The number of amides is 1. The number of rotatable bonds is 5. The van der Waals surface area contributed by atoms with Crippen LogP contribution in [0.3, 0.4) is 0 Å². The molecule has 1 saturated heterocycles. The Morgan fingerprint density at radius 1 is 1.47 bits per heavy atom. The Morgan fingerprint density at radius 3 is 2.74 bits per heavy atom. The second-order valence-electron chi connectivity index (χ2n) is 4.55. The highest BCUT2D eigenvalue weighted by atomic mass is 16.6. The predicted molar refractivity (Wildman–Crippen MR) is 68.7 cm³/mol. The third kappa shape index (κ3) is 2.70. The highest BCUT2D eigenvalue weighted by Crippen LogP contribution is 2.31. The molecule has 1 fully saturated rings. The number of cyclic esters (lactones) is 1. The Kier molecular flexibility index (Phi) is 4.04. The summed E-state index contributed by atoms with van der Waals surface area (Å²) in [5.41, 5.74) is 0.899. The molecule has 102 valence electrons. The van der Waals surface area contributed by atoms with Crippen molar-refractivity contribution in [3.8, 4) is 0 Å². The summed E-state index contributed by atoms with van der Waals surface area (Å²) >= 11 is 0. The third-order valence-electron chi connectivity index (χ3n) is 3.28. The van der Waals surface area contributed by atoms with Gasteiger partial charge < -0.3 is 9.84 Å². The van der Waals surface area contributed by atoms with Crippen molar-refractivity contribution in [1.29, 1.82) is 0 Å². The molecule has 1 heterocycles. The zero-order valence-corrected chi connectivity index (χ0v) is 10.8. The van der Waals surface area contributed by atoms with E-state index in [0.29, 0.717) is 12.8 Å². The Hall–Kier alpha value is -2.04. The molecular weight excluding hydrogens is 246 g/mol. The van der Waals surface area contributed by atoms with Gasteiger partial charge in [0.1, 0.15) is 12.6 Å². The van der Waals surface area contributed by atoms with Gasteiger partial charge in [0.25, 0.3) is 0 Å². The maximum atomic E-state index is 11.8. The van der Waals surface area contributed by atoms with E-state index in [-0.39, 0.29) is 12.6 Å². The van der Waals surface area contributed by atoms with Crippen molar-refractivity contribution >= 4 is 12.1 Å². The van der Waals surface area contributed by atoms with Gasteiger partial charge >= 0.3 is 12.1 Å². The Balaban J connectivity index is 2.29. The summed E-state index contributed by atoms with van der Waals surface area (Å²) in [5, 5.41) is 9.30. The SMILES string of the molecule is CCC[C@H](C(=O)O)N1C(=O)OC[C@H]1c1ccccc1. The first-order chi connectivity index (χ1) is 9.15. The van der Waals surface area contributed by atoms with Crippen molar-refractivity contribution in [3.05, 3.63) is 35.9 Å². The Labute approximate surface area is 111 Å². The molecule has 5 nitrogen and oxygen atoms in total. The summed E-state index contributed by atoms with van der Waals surface area (Å²) in [6.07, 6.45) is 0.574. The van der Waals surface area contributed by atoms with Crippen LogP contribution in [0.25, 0.3) is 0 Å². The average Bonchev–Trinajstić information content (AvgIpc) is 2.78. The highest BCUT2D eigenvalue weighted by Gasteiger charge is 2.41. The normalized spacial score (nSPS) is 20.2. The number of carboxylic acid groups (broad SMARTS) is 1. The molecule has 2 atom stereocenters. The van der Waals surface area contributed by atoms with E-state index in [1.54, 1.807) is 0 Å². The number of carbonyl (C=O) groups is 2. The number of benzene rings is 1. The molecule has 2 rings (SSSR count). The van der Waals surface area contributed by atoms with Crippen LogP contribution in [0.4, 0.5) is 4.79 Å². The summed E-state index contributed by atoms with van der Waals surface area (Å²) in [5.74, 6) is -0.985. The van der Waals surface area contributed by atoms with Crippen LogP contribution in [-0.2, 0) is 9.53 Å². The molecule has 1 amide bonds. The fourth-order valence-electron chi connectivity index (χ4n) is 2.36. The van der Waals surface area contributed by atoms with Crippen LogP contribution in [0, 0.1) is 0 Å². The lowest BCUT2D eigenvalue weighted by atomic mass is 10.0. The van der Waals surface area contributed by atoms with Crippen LogP contribution < -0.4 is 0 Å².